The van der Waals surface area contributed by atoms with Gasteiger partial charge in [0, 0.05) is 38.8 Å². The normalized spacial score (nSPS) is 22.8. The van der Waals surface area contributed by atoms with Crippen molar-refractivity contribution >= 4 is 15.9 Å². The van der Waals surface area contributed by atoms with Crippen LogP contribution in [0.5, 0.6) is 0 Å². The van der Waals surface area contributed by atoms with Gasteiger partial charge in [-0.3, -0.25) is 9.58 Å². The van der Waals surface area contributed by atoms with Crippen molar-refractivity contribution in [3.63, 3.8) is 0 Å². The number of halogens is 1. The van der Waals surface area contributed by atoms with Gasteiger partial charge in [0.15, 0.2) is 0 Å². The van der Waals surface area contributed by atoms with E-state index in [0.29, 0.717) is 5.54 Å². The first-order chi connectivity index (χ1) is 9.66. The highest BCUT2D eigenvalue weighted by molar-refractivity contribution is 9.10. The van der Waals surface area contributed by atoms with Crippen molar-refractivity contribution in [1.29, 1.82) is 0 Å². The molecule has 3 rings (SSSR count). The molecule has 0 bridgehead atoms. The third kappa shape index (κ3) is 2.44. The number of piperazine rings is 1. The monoisotopic (exact) mass is 340 g/mol. The molecule has 2 fully saturated rings. The number of aromatic nitrogens is 2. The first kappa shape index (κ1) is 14.5. The Kier molecular flexibility index (Phi) is 4.20. The summed E-state index contributed by atoms with van der Waals surface area (Å²) in [4.78, 5) is 2.71. The zero-order chi connectivity index (χ0) is 14.2. The van der Waals surface area contributed by atoms with E-state index in [0.717, 1.165) is 32.6 Å². The fourth-order valence-corrected chi connectivity index (χ4v) is 4.57. The van der Waals surface area contributed by atoms with Gasteiger partial charge < -0.3 is 5.32 Å². The topological polar surface area (TPSA) is 33.1 Å². The minimum absolute atomic E-state index is 0.397. The minimum atomic E-state index is 0.397. The first-order valence-corrected chi connectivity index (χ1v) is 8.61. The summed E-state index contributed by atoms with van der Waals surface area (Å²) in [5, 5.41) is 8.24. The highest BCUT2D eigenvalue weighted by Gasteiger charge is 2.41. The molecule has 5 heteroatoms. The van der Waals surface area contributed by atoms with Gasteiger partial charge >= 0.3 is 0 Å². The van der Waals surface area contributed by atoms with Gasteiger partial charge in [-0.05, 0) is 35.2 Å². The molecule has 4 nitrogen and oxygen atoms in total. The Morgan fingerprint density at radius 1 is 1.35 bits per heavy atom. The Bertz CT molecular complexity index is 476. The maximum Gasteiger partial charge on any atom is 0.0767 e. The van der Waals surface area contributed by atoms with Crippen LogP contribution in [0.1, 0.15) is 44.0 Å². The van der Waals surface area contributed by atoms with Gasteiger partial charge in [-0.15, -0.1) is 0 Å². The van der Waals surface area contributed by atoms with Crippen LogP contribution in [0, 0.1) is 0 Å². The number of rotatable bonds is 3. The molecule has 20 heavy (non-hydrogen) atoms. The van der Waals surface area contributed by atoms with E-state index in [2.05, 4.69) is 49.9 Å². The Labute approximate surface area is 130 Å². The molecule has 1 aliphatic carbocycles. The summed E-state index contributed by atoms with van der Waals surface area (Å²) < 4.78 is 3.28. The van der Waals surface area contributed by atoms with E-state index in [9.17, 15) is 0 Å². The molecule has 0 unspecified atom stereocenters. The van der Waals surface area contributed by atoms with Gasteiger partial charge in [0.2, 0.25) is 0 Å². The highest BCUT2D eigenvalue weighted by Crippen LogP contribution is 2.37. The van der Waals surface area contributed by atoms with Crippen LogP contribution in [0.2, 0.25) is 0 Å². The van der Waals surface area contributed by atoms with Crippen molar-refractivity contribution in [1.82, 2.24) is 20.0 Å². The van der Waals surface area contributed by atoms with E-state index in [4.69, 9.17) is 0 Å². The Morgan fingerprint density at radius 3 is 2.75 bits per heavy atom. The van der Waals surface area contributed by atoms with Crippen LogP contribution in [-0.4, -0.2) is 39.9 Å². The SMILES string of the molecule is CCc1nn(C)c(CN2CCNCC23CCCC3)c1Br. The van der Waals surface area contributed by atoms with Gasteiger partial charge in [0.05, 0.1) is 15.9 Å². The molecule has 0 atom stereocenters. The smallest absolute Gasteiger partial charge is 0.0767 e. The summed E-state index contributed by atoms with van der Waals surface area (Å²) in [5.41, 5.74) is 2.90. The number of hydrogen-bond donors (Lipinski definition) is 1. The molecular formula is C15H25BrN4. The van der Waals surface area contributed by atoms with E-state index in [1.165, 1.54) is 41.5 Å². The van der Waals surface area contributed by atoms with Crippen molar-refractivity contribution in [2.75, 3.05) is 19.6 Å². The molecule has 2 aliphatic rings. The lowest BCUT2D eigenvalue weighted by molar-refractivity contribution is 0.0548. The zero-order valence-corrected chi connectivity index (χ0v) is 14.2. The third-order valence-electron chi connectivity index (χ3n) is 5.06. The molecule has 1 saturated heterocycles. The molecule has 1 aliphatic heterocycles. The van der Waals surface area contributed by atoms with Crippen molar-refractivity contribution in [3.8, 4) is 0 Å². The average molecular weight is 341 g/mol. The summed E-state index contributed by atoms with van der Waals surface area (Å²) in [7, 11) is 2.07. The molecule has 1 spiro atoms. The predicted molar refractivity (Wildman–Crippen MR) is 84.8 cm³/mol. The second kappa shape index (κ2) is 5.78. The Morgan fingerprint density at radius 2 is 2.10 bits per heavy atom. The van der Waals surface area contributed by atoms with Crippen molar-refractivity contribution < 1.29 is 0 Å². The lowest BCUT2D eigenvalue weighted by Gasteiger charge is -2.45. The van der Waals surface area contributed by atoms with E-state index >= 15 is 0 Å². The molecule has 1 aromatic rings. The maximum atomic E-state index is 4.64. The van der Waals surface area contributed by atoms with Crippen LogP contribution in [0.4, 0.5) is 0 Å². The molecule has 0 amide bonds. The van der Waals surface area contributed by atoms with Crippen LogP contribution >= 0.6 is 15.9 Å². The summed E-state index contributed by atoms with van der Waals surface area (Å²) in [5.74, 6) is 0. The molecular weight excluding hydrogens is 316 g/mol. The molecule has 0 radical (unpaired) electrons. The van der Waals surface area contributed by atoms with Gasteiger partial charge in [0.25, 0.3) is 0 Å². The summed E-state index contributed by atoms with van der Waals surface area (Å²) in [6, 6.07) is 0. The quantitative estimate of drug-likeness (QED) is 0.917. The Hall–Kier alpha value is -0.390. The standard InChI is InChI=1S/C15H25BrN4/c1-3-12-14(16)13(19(2)18-12)10-20-9-8-17-11-15(20)6-4-5-7-15/h17H,3-11H2,1-2H3. The number of hydrogen-bond acceptors (Lipinski definition) is 3. The number of aryl methyl sites for hydroxylation is 2. The number of nitrogens with one attached hydrogen (secondary N) is 1. The van der Waals surface area contributed by atoms with Crippen LogP contribution in [-0.2, 0) is 20.0 Å². The van der Waals surface area contributed by atoms with E-state index in [1.807, 2.05) is 0 Å². The first-order valence-electron chi connectivity index (χ1n) is 7.82. The predicted octanol–water partition coefficient (Wildman–Crippen LogP) is 2.46. The molecule has 0 aromatic carbocycles. The summed E-state index contributed by atoms with van der Waals surface area (Å²) in [6.07, 6.45) is 6.43. The van der Waals surface area contributed by atoms with Crippen LogP contribution in [0.25, 0.3) is 0 Å². The lowest BCUT2D eigenvalue weighted by atomic mass is 9.92. The van der Waals surface area contributed by atoms with E-state index < -0.39 is 0 Å². The average Bonchev–Trinajstić information content (AvgIpc) is 3.01. The highest BCUT2D eigenvalue weighted by atomic mass is 79.9. The van der Waals surface area contributed by atoms with Gasteiger partial charge in [0.1, 0.15) is 0 Å². The minimum Gasteiger partial charge on any atom is -0.314 e. The molecule has 1 saturated carbocycles. The second-order valence-electron chi connectivity index (χ2n) is 6.21. The van der Waals surface area contributed by atoms with Gasteiger partial charge in [-0.1, -0.05) is 19.8 Å². The molecule has 1 aromatic heterocycles. The van der Waals surface area contributed by atoms with Crippen molar-refractivity contribution in [2.24, 2.45) is 7.05 Å². The maximum absolute atomic E-state index is 4.64. The Balaban J connectivity index is 1.84. The van der Waals surface area contributed by atoms with Crippen LogP contribution in [0.15, 0.2) is 4.47 Å². The second-order valence-corrected chi connectivity index (χ2v) is 7.01. The van der Waals surface area contributed by atoms with Crippen molar-refractivity contribution in [2.45, 2.75) is 51.1 Å². The molecule has 2 heterocycles. The van der Waals surface area contributed by atoms with E-state index in [-0.39, 0.29) is 0 Å². The number of nitrogens with zero attached hydrogens (tertiary/aromatic N) is 3. The third-order valence-corrected chi connectivity index (χ3v) is 5.98. The van der Waals surface area contributed by atoms with Crippen molar-refractivity contribution in [3.05, 3.63) is 15.9 Å². The molecule has 112 valence electrons. The van der Waals surface area contributed by atoms with Gasteiger partial charge in [-0.25, -0.2) is 0 Å². The fourth-order valence-electron chi connectivity index (χ4n) is 3.83. The van der Waals surface area contributed by atoms with Crippen LogP contribution < -0.4 is 5.32 Å². The zero-order valence-electron chi connectivity index (χ0n) is 12.6. The van der Waals surface area contributed by atoms with E-state index in [1.54, 1.807) is 0 Å². The molecule has 1 N–H and O–H groups in total. The summed E-state index contributed by atoms with van der Waals surface area (Å²) in [6.45, 7) is 6.60. The fraction of sp³-hybridized carbons (Fsp3) is 0.800. The lowest BCUT2D eigenvalue weighted by Crippen LogP contribution is -2.59. The largest absolute Gasteiger partial charge is 0.314 e. The van der Waals surface area contributed by atoms with Crippen LogP contribution in [0.3, 0.4) is 0 Å². The summed E-state index contributed by atoms with van der Waals surface area (Å²) >= 11 is 3.76. The van der Waals surface area contributed by atoms with Gasteiger partial charge in [-0.2, -0.15) is 5.10 Å².